The summed E-state index contributed by atoms with van der Waals surface area (Å²) >= 11 is 0. The summed E-state index contributed by atoms with van der Waals surface area (Å²) in [6.07, 6.45) is 0.880. The molecule has 0 aliphatic rings. The van der Waals surface area contributed by atoms with Crippen LogP contribution in [0.3, 0.4) is 0 Å². The summed E-state index contributed by atoms with van der Waals surface area (Å²) in [4.78, 5) is 14.7. The predicted molar refractivity (Wildman–Crippen MR) is 67.4 cm³/mol. The molecule has 20 heavy (non-hydrogen) atoms. The van der Waals surface area contributed by atoms with E-state index in [0.29, 0.717) is 5.69 Å². The molecule has 0 saturated heterocycles. The molecule has 1 aromatic carbocycles. The van der Waals surface area contributed by atoms with Crippen molar-refractivity contribution < 1.29 is 23.4 Å². The largest absolute Gasteiger partial charge is 0.494 e. The van der Waals surface area contributed by atoms with E-state index in [-0.39, 0.29) is 17.1 Å². The number of hydrogen-bond donors (Lipinski definition) is 2. The lowest BCUT2D eigenvalue weighted by Crippen LogP contribution is -2.06. The first-order chi connectivity index (χ1) is 9.51. The Balaban J connectivity index is 2.42. The van der Waals surface area contributed by atoms with Crippen LogP contribution in [-0.2, 0) is 0 Å². The lowest BCUT2D eigenvalue weighted by Gasteiger charge is -2.12. The van der Waals surface area contributed by atoms with Gasteiger partial charge in [-0.25, -0.2) is 18.6 Å². The van der Waals surface area contributed by atoms with E-state index in [9.17, 15) is 13.6 Å². The average molecular weight is 280 g/mol. The van der Waals surface area contributed by atoms with E-state index in [2.05, 4.69) is 10.3 Å². The maximum absolute atomic E-state index is 13.1. The summed E-state index contributed by atoms with van der Waals surface area (Å²) in [5.74, 6) is -2.49. The Labute approximate surface area is 112 Å². The number of halogens is 2. The number of rotatable bonds is 4. The highest BCUT2D eigenvalue weighted by Gasteiger charge is 2.15. The van der Waals surface area contributed by atoms with Crippen LogP contribution in [0.1, 0.15) is 10.4 Å². The molecular formula is C13H10F2N2O3. The molecule has 0 saturated carbocycles. The first-order valence-corrected chi connectivity index (χ1v) is 5.50. The van der Waals surface area contributed by atoms with Crippen LogP contribution in [-0.4, -0.2) is 23.2 Å². The van der Waals surface area contributed by atoms with E-state index in [1.54, 1.807) is 0 Å². The highest BCUT2D eigenvalue weighted by Crippen LogP contribution is 2.29. The van der Waals surface area contributed by atoms with Crippen molar-refractivity contribution in [1.82, 2.24) is 4.98 Å². The fourth-order valence-electron chi connectivity index (χ4n) is 1.60. The van der Waals surface area contributed by atoms with Gasteiger partial charge in [0.1, 0.15) is 28.8 Å². The van der Waals surface area contributed by atoms with Crippen LogP contribution in [0.4, 0.5) is 20.3 Å². The van der Waals surface area contributed by atoms with E-state index in [0.717, 1.165) is 18.3 Å². The number of ether oxygens (including phenoxy) is 1. The first-order valence-electron chi connectivity index (χ1n) is 5.50. The van der Waals surface area contributed by atoms with Gasteiger partial charge < -0.3 is 15.2 Å². The predicted octanol–water partition coefficient (Wildman–Crippen LogP) is 2.81. The maximum atomic E-state index is 13.1. The molecule has 2 rings (SSSR count). The van der Waals surface area contributed by atoms with E-state index in [1.807, 2.05) is 0 Å². The standard InChI is InChI=1S/C13H10F2N2O3/c1-20-11-5-7(14)2-3-10(11)17-12-9(13(18)19)4-8(15)6-16-12/h2-6H,1H3,(H,16,17)(H,18,19). The van der Waals surface area contributed by atoms with Gasteiger partial charge in [-0.05, 0) is 18.2 Å². The normalized spacial score (nSPS) is 10.2. The Morgan fingerprint density at radius 1 is 1.30 bits per heavy atom. The third kappa shape index (κ3) is 2.82. The summed E-state index contributed by atoms with van der Waals surface area (Å²) in [7, 11) is 1.34. The third-order valence-electron chi connectivity index (χ3n) is 2.50. The number of carboxylic acids is 1. The second kappa shape index (κ2) is 5.52. The van der Waals surface area contributed by atoms with Crippen LogP contribution in [0.25, 0.3) is 0 Å². The zero-order chi connectivity index (χ0) is 14.7. The highest BCUT2D eigenvalue weighted by molar-refractivity contribution is 5.94. The fraction of sp³-hybridized carbons (Fsp3) is 0.0769. The van der Waals surface area contributed by atoms with Gasteiger partial charge in [0.05, 0.1) is 19.0 Å². The number of aromatic nitrogens is 1. The van der Waals surface area contributed by atoms with Gasteiger partial charge in [-0.2, -0.15) is 0 Å². The lowest BCUT2D eigenvalue weighted by molar-refractivity contribution is 0.0697. The van der Waals surface area contributed by atoms with Crippen LogP contribution in [0, 0.1) is 11.6 Å². The summed E-state index contributed by atoms with van der Waals surface area (Å²) in [5.41, 5.74) is -0.0214. The molecule has 0 radical (unpaired) electrons. The molecule has 0 aliphatic heterocycles. The van der Waals surface area contributed by atoms with Gasteiger partial charge in [0.25, 0.3) is 0 Å². The van der Waals surface area contributed by atoms with Gasteiger partial charge in [-0.3, -0.25) is 0 Å². The Morgan fingerprint density at radius 3 is 2.70 bits per heavy atom. The molecule has 0 atom stereocenters. The quantitative estimate of drug-likeness (QED) is 0.901. The minimum atomic E-state index is -1.33. The molecular weight excluding hydrogens is 270 g/mol. The number of methoxy groups -OCH3 is 1. The highest BCUT2D eigenvalue weighted by atomic mass is 19.1. The lowest BCUT2D eigenvalue weighted by atomic mass is 10.2. The van der Waals surface area contributed by atoms with Crippen LogP contribution in [0.2, 0.25) is 0 Å². The maximum Gasteiger partial charge on any atom is 0.339 e. The van der Waals surface area contributed by atoms with Crippen molar-refractivity contribution >= 4 is 17.5 Å². The van der Waals surface area contributed by atoms with E-state index >= 15 is 0 Å². The first kappa shape index (κ1) is 13.7. The van der Waals surface area contributed by atoms with Crippen molar-refractivity contribution in [2.75, 3.05) is 12.4 Å². The zero-order valence-corrected chi connectivity index (χ0v) is 10.4. The molecule has 7 heteroatoms. The van der Waals surface area contributed by atoms with Crippen molar-refractivity contribution in [2.24, 2.45) is 0 Å². The number of anilines is 2. The van der Waals surface area contributed by atoms with Gasteiger partial charge in [0, 0.05) is 6.07 Å². The van der Waals surface area contributed by atoms with E-state index in [1.165, 1.54) is 19.2 Å². The van der Waals surface area contributed by atoms with Gasteiger partial charge in [0.2, 0.25) is 0 Å². The Morgan fingerprint density at radius 2 is 2.05 bits per heavy atom. The number of hydrogen-bond acceptors (Lipinski definition) is 4. The van der Waals surface area contributed by atoms with Crippen molar-refractivity contribution in [3.63, 3.8) is 0 Å². The van der Waals surface area contributed by atoms with Crippen LogP contribution in [0.15, 0.2) is 30.5 Å². The van der Waals surface area contributed by atoms with E-state index < -0.39 is 17.6 Å². The Kier molecular flexibility index (Phi) is 3.79. The summed E-state index contributed by atoms with van der Waals surface area (Å²) < 4.78 is 31.1. The molecule has 0 bridgehead atoms. The average Bonchev–Trinajstić information content (AvgIpc) is 2.42. The van der Waals surface area contributed by atoms with Crippen LogP contribution < -0.4 is 10.1 Å². The zero-order valence-electron chi connectivity index (χ0n) is 10.4. The van der Waals surface area contributed by atoms with Gasteiger partial charge in [0.15, 0.2) is 0 Å². The second-order valence-corrected chi connectivity index (χ2v) is 3.82. The molecule has 0 spiro atoms. The summed E-state index contributed by atoms with van der Waals surface area (Å²) in [6.45, 7) is 0. The monoisotopic (exact) mass is 280 g/mol. The smallest absolute Gasteiger partial charge is 0.339 e. The summed E-state index contributed by atoms with van der Waals surface area (Å²) in [5, 5.41) is 11.7. The van der Waals surface area contributed by atoms with Crippen LogP contribution in [0.5, 0.6) is 5.75 Å². The van der Waals surface area contributed by atoms with Crippen LogP contribution >= 0.6 is 0 Å². The molecule has 0 amide bonds. The molecule has 0 fully saturated rings. The molecule has 104 valence electrons. The van der Waals surface area contributed by atoms with Gasteiger partial charge in [-0.15, -0.1) is 0 Å². The number of nitrogens with zero attached hydrogens (tertiary/aromatic N) is 1. The topological polar surface area (TPSA) is 71.5 Å². The minimum Gasteiger partial charge on any atom is -0.494 e. The molecule has 1 heterocycles. The van der Waals surface area contributed by atoms with Crippen molar-refractivity contribution in [2.45, 2.75) is 0 Å². The number of aromatic carboxylic acids is 1. The minimum absolute atomic E-state index is 0.0659. The number of benzene rings is 1. The Hall–Kier alpha value is -2.70. The van der Waals surface area contributed by atoms with Gasteiger partial charge >= 0.3 is 5.97 Å². The van der Waals surface area contributed by atoms with Crippen molar-refractivity contribution in [3.05, 3.63) is 47.7 Å². The SMILES string of the molecule is COc1cc(F)ccc1Nc1ncc(F)cc1C(=O)O. The van der Waals surface area contributed by atoms with E-state index in [4.69, 9.17) is 9.84 Å². The molecule has 0 aliphatic carbocycles. The number of pyridine rings is 1. The fourth-order valence-corrected chi connectivity index (χ4v) is 1.60. The molecule has 0 unspecified atom stereocenters. The number of carboxylic acid groups (broad SMARTS) is 1. The van der Waals surface area contributed by atoms with Crippen molar-refractivity contribution in [1.29, 1.82) is 0 Å². The molecule has 5 nitrogen and oxygen atoms in total. The third-order valence-corrected chi connectivity index (χ3v) is 2.50. The number of nitrogens with one attached hydrogen (secondary N) is 1. The molecule has 2 aromatic rings. The molecule has 2 N–H and O–H groups in total. The second-order valence-electron chi connectivity index (χ2n) is 3.82. The Bertz CT molecular complexity index is 662. The molecule has 1 aromatic heterocycles. The van der Waals surface area contributed by atoms with Crippen molar-refractivity contribution in [3.8, 4) is 5.75 Å². The van der Waals surface area contributed by atoms with Gasteiger partial charge in [-0.1, -0.05) is 0 Å². The summed E-state index contributed by atoms with van der Waals surface area (Å²) in [6, 6.07) is 4.51. The number of carbonyl (C=O) groups is 1.